The van der Waals surface area contributed by atoms with Crippen LogP contribution in [0.25, 0.3) is 0 Å². The van der Waals surface area contributed by atoms with Crippen molar-refractivity contribution < 1.29 is 28.7 Å². The second-order valence-electron chi connectivity index (χ2n) is 5.68. The van der Waals surface area contributed by atoms with E-state index in [9.17, 15) is 18.9 Å². The van der Waals surface area contributed by atoms with E-state index in [-0.39, 0.29) is 31.1 Å². The van der Waals surface area contributed by atoms with E-state index >= 15 is 0 Å². The Morgan fingerprint density at radius 1 is 1.00 bits per heavy atom. The van der Waals surface area contributed by atoms with E-state index in [4.69, 9.17) is 15.5 Å². The summed E-state index contributed by atoms with van der Waals surface area (Å²) >= 11 is 0. The first-order valence-electron chi connectivity index (χ1n) is 7.24. The van der Waals surface area contributed by atoms with Gasteiger partial charge in [-0.1, -0.05) is 6.42 Å². The molecule has 0 fully saturated rings. The fourth-order valence-electron chi connectivity index (χ4n) is 1.82. The maximum Gasteiger partial charge on any atom is 0.342 e. The Morgan fingerprint density at radius 3 is 2.05 bits per heavy atom. The SMILES string of the molecule is CC(N)CNC(C)CNC(CCCCP(=O)(O)O)P(=O)(O)O. The lowest BCUT2D eigenvalue weighted by molar-refractivity contribution is 0.334. The van der Waals surface area contributed by atoms with Crippen LogP contribution in [0.2, 0.25) is 0 Å². The molecule has 0 saturated carbocycles. The number of nitrogens with one attached hydrogen (secondary N) is 2. The zero-order chi connectivity index (χ0) is 17.4. The third-order valence-corrected chi connectivity index (χ3v) is 5.18. The van der Waals surface area contributed by atoms with Crippen LogP contribution in [0, 0.1) is 0 Å². The molecule has 0 spiro atoms. The number of hydrogen-bond acceptors (Lipinski definition) is 5. The van der Waals surface area contributed by atoms with Gasteiger partial charge in [-0.15, -0.1) is 0 Å². The van der Waals surface area contributed by atoms with Gasteiger partial charge >= 0.3 is 15.2 Å². The quantitative estimate of drug-likeness (QED) is 0.183. The molecule has 3 atom stereocenters. The Morgan fingerprint density at radius 2 is 1.59 bits per heavy atom. The first-order valence-corrected chi connectivity index (χ1v) is 10.7. The highest BCUT2D eigenvalue weighted by Gasteiger charge is 2.28. The van der Waals surface area contributed by atoms with E-state index in [2.05, 4.69) is 10.6 Å². The molecule has 0 rings (SSSR count). The minimum atomic E-state index is -4.31. The van der Waals surface area contributed by atoms with Crippen molar-refractivity contribution in [3.8, 4) is 0 Å². The molecule has 0 aliphatic carbocycles. The molecule has 22 heavy (non-hydrogen) atoms. The van der Waals surface area contributed by atoms with Crippen molar-refractivity contribution in [1.82, 2.24) is 10.6 Å². The Bertz CT molecular complexity index is 397. The van der Waals surface area contributed by atoms with Gasteiger partial charge in [0, 0.05) is 31.3 Å². The lowest BCUT2D eigenvalue weighted by Gasteiger charge is -2.23. The van der Waals surface area contributed by atoms with Gasteiger partial charge in [0.25, 0.3) is 0 Å². The lowest BCUT2D eigenvalue weighted by Crippen LogP contribution is -2.44. The van der Waals surface area contributed by atoms with Crippen LogP contribution in [-0.2, 0) is 9.13 Å². The molecule has 0 bridgehead atoms. The highest BCUT2D eigenvalue weighted by Crippen LogP contribution is 2.42. The standard InChI is InChI=1S/C11H29N3O6P2/c1-9(12)7-13-10(2)8-14-11(22(18,19)20)5-3-4-6-21(15,16)17/h9-11,13-14H,3-8,12H2,1-2H3,(H2,15,16,17)(H2,18,19,20). The smallest absolute Gasteiger partial charge is 0.327 e. The van der Waals surface area contributed by atoms with Crippen LogP contribution in [0.3, 0.4) is 0 Å². The fraction of sp³-hybridized carbons (Fsp3) is 1.00. The molecule has 0 heterocycles. The van der Waals surface area contributed by atoms with Gasteiger partial charge in [-0.25, -0.2) is 0 Å². The summed E-state index contributed by atoms with van der Waals surface area (Å²) in [6, 6.07) is -0.0113. The topological polar surface area (TPSA) is 165 Å². The van der Waals surface area contributed by atoms with Crippen molar-refractivity contribution in [1.29, 1.82) is 0 Å². The second kappa shape index (κ2) is 10.1. The Hall–Kier alpha value is 0.180. The molecule has 0 saturated heterocycles. The second-order valence-corrected chi connectivity index (χ2v) is 9.26. The molecule has 3 unspecified atom stereocenters. The Balaban J connectivity index is 4.20. The average Bonchev–Trinajstić information content (AvgIpc) is 2.32. The monoisotopic (exact) mass is 361 g/mol. The summed E-state index contributed by atoms with van der Waals surface area (Å²) in [5, 5.41) is 5.95. The van der Waals surface area contributed by atoms with E-state index in [1.807, 2.05) is 13.8 Å². The van der Waals surface area contributed by atoms with Crippen molar-refractivity contribution in [2.24, 2.45) is 5.73 Å². The molecule has 9 nitrogen and oxygen atoms in total. The van der Waals surface area contributed by atoms with E-state index in [1.165, 1.54) is 0 Å². The third kappa shape index (κ3) is 12.7. The lowest BCUT2D eigenvalue weighted by atomic mass is 10.2. The fourth-order valence-corrected chi connectivity index (χ4v) is 3.31. The molecule has 0 aromatic rings. The van der Waals surface area contributed by atoms with Gasteiger partial charge in [0.1, 0.15) is 5.78 Å². The Labute approximate surface area is 131 Å². The van der Waals surface area contributed by atoms with Crippen molar-refractivity contribution in [3.05, 3.63) is 0 Å². The van der Waals surface area contributed by atoms with Gasteiger partial charge in [0.05, 0.1) is 0 Å². The zero-order valence-corrected chi connectivity index (χ0v) is 14.8. The first kappa shape index (κ1) is 22.2. The maximum atomic E-state index is 11.4. The van der Waals surface area contributed by atoms with Crippen LogP contribution >= 0.6 is 15.2 Å². The van der Waals surface area contributed by atoms with Crippen molar-refractivity contribution in [2.75, 3.05) is 19.3 Å². The third-order valence-electron chi connectivity index (χ3n) is 3.03. The minimum Gasteiger partial charge on any atom is -0.327 e. The number of rotatable bonds is 12. The molecule has 0 aliphatic rings. The van der Waals surface area contributed by atoms with E-state index in [1.54, 1.807) is 0 Å². The van der Waals surface area contributed by atoms with Crippen LogP contribution < -0.4 is 16.4 Å². The van der Waals surface area contributed by atoms with Crippen LogP contribution in [0.4, 0.5) is 0 Å². The summed E-state index contributed by atoms with van der Waals surface area (Å²) in [4.78, 5) is 36.1. The molecule has 0 amide bonds. The summed E-state index contributed by atoms with van der Waals surface area (Å²) in [5.41, 5.74) is 5.61. The first-order chi connectivity index (χ1) is 9.92. The average molecular weight is 361 g/mol. The molecule has 0 aromatic heterocycles. The van der Waals surface area contributed by atoms with Crippen LogP contribution in [0.5, 0.6) is 0 Å². The molecular weight excluding hydrogens is 332 g/mol. The van der Waals surface area contributed by atoms with Gasteiger partial charge in [-0.3, -0.25) is 9.13 Å². The van der Waals surface area contributed by atoms with Crippen molar-refractivity contribution in [2.45, 2.75) is 51.0 Å². The molecule has 0 aromatic carbocycles. The molecule has 11 heteroatoms. The molecule has 134 valence electrons. The van der Waals surface area contributed by atoms with E-state index < -0.39 is 21.0 Å². The summed E-state index contributed by atoms with van der Waals surface area (Å²) in [6.45, 7) is 4.69. The van der Waals surface area contributed by atoms with Crippen LogP contribution in [-0.4, -0.2) is 56.7 Å². The summed E-state index contributed by atoms with van der Waals surface area (Å²) in [6.07, 6.45) is 0.438. The highest BCUT2D eigenvalue weighted by molar-refractivity contribution is 7.52. The van der Waals surface area contributed by atoms with Gasteiger partial charge in [-0.05, 0) is 26.7 Å². The molecular formula is C11H29N3O6P2. The van der Waals surface area contributed by atoms with E-state index in [0.717, 1.165) is 0 Å². The normalized spacial score (nSPS) is 17.2. The summed E-state index contributed by atoms with van der Waals surface area (Å²) in [5.74, 6) is -1.01. The summed E-state index contributed by atoms with van der Waals surface area (Å²) < 4.78 is 22.2. The predicted octanol–water partition coefficient (Wildman–Crippen LogP) is -0.247. The van der Waals surface area contributed by atoms with Gasteiger partial charge < -0.3 is 35.9 Å². The van der Waals surface area contributed by atoms with Crippen LogP contribution in [0.15, 0.2) is 0 Å². The molecule has 0 aliphatic heterocycles. The number of hydrogen-bond donors (Lipinski definition) is 7. The van der Waals surface area contributed by atoms with Gasteiger partial charge in [0.15, 0.2) is 0 Å². The zero-order valence-electron chi connectivity index (χ0n) is 13.1. The summed E-state index contributed by atoms with van der Waals surface area (Å²) in [7, 11) is -8.36. The predicted molar refractivity (Wildman–Crippen MR) is 85.7 cm³/mol. The number of unbranched alkanes of at least 4 members (excludes halogenated alkanes) is 1. The van der Waals surface area contributed by atoms with Gasteiger partial charge in [0.2, 0.25) is 0 Å². The molecule has 0 radical (unpaired) electrons. The van der Waals surface area contributed by atoms with Crippen LogP contribution in [0.1, 0.15) is 33.1 Å². The molecule has 8 N–H and O–H groups in total. The van der Waals surface area contributed by atoms with Crippen molar-refractivity contribution in [3.63, 3.8) is 0 Å². The van der Waals surface area contributed by atoms with E-state index in [0.29, 0.717) is 19.5 Å². The number of nitrogens with two attached hydrogens (primary N) is 1. The van der Waals surface area contributed by atoms with Crippen molar-refractivity contribution >= 4 is 15.2 Å². The maximum absolute atomic E-state index is 11.4. The largest absolute Gasteiger partial charge is 0.342 e. The Kier molecular flexibility index (Phi) is 10.2. The highest BCUT2D eigenvalue weighted by atomic mass is 31.2. The van der Waals surface area contributed by atoms with Gasteiger partial charge in [-0.2, -0.15) is 0 Å². The minimum absolute atomic E-state index is 0.00449.